The molecule has 6 nitrogen and oxygen atoms in total. The van der Waals surface area contributed by atoms with Crippen LogP contribution in [0.3, 0.4) is 0 Å². The Morgan fingerprint density at radius 1 is 1.22 bits per heavy atom. The van der Waals surface area contributed by atoms with Crippen LogP contribution in [-0.4, -0.2) is 32.5 Å². The van der Waals surface area contributed by atoms with E-state index in [2.05, 4.69) is 9.71 Å². The molecule has 2 heterocycles. The van der Waals surface area contributed by atoms with E-state index in [9.17, 15) is 21.6 Å². The minimum Gasteiger partial charge on any atom is -0.355 e. The zero-order valence-corrected chi connectivity index (χ0v) is 14.8. The summed E-state index contributed by atoms with van der Waals surface area (Å²) in [6.45, 7) is 0.720. The van der Waals surface area contributed by atoms with Crippen LogP contribution in [0.1, 0.15) is 17.5 Å². The number of pyridine rings is 1. The molecule has 1 saturated heterocycles. The van der Waals surface area contributed by atoms with Gasteiger partial charge in [-0.15, -0.1) is 0 Å². The maximum atomic E-state index is 12.6. The molecular weight excluding hydrogens is 381 g/mol. The van der Waals surface area contributed by atoms with Gasteiger partial charge in [0.05, 0.1) is 16.0 Å². The average molecular weight is 396 g/mol. The van der Waals surface area contributed by atoms with Gasteiger partial charge in [0.2, 0.25) is 10.0 Å². The van der Waals surface area contributed by atoms with Crippen molar-refractivity contribution in [2.45, 2.75) is 23.5 Å². The fraction of sp³-hybridized carbons (Fsp3) is 0.294. The van der Waals surface area contributed by atoms with Gasteiger partial charge in [-0.25, -0.2) is 18.1 Å². The molecule has 0 amide bonds. The summed E-state index contributed by atoms with van der Waals surface area (Å²) in [5.74, 6) is 0.349. The van der Waals surface area contributed by atoms with E-state index in [1.54, 1.807) is 11.0 Å². The van der Waals surface area contributed by atoms with E-state index >= 15 is 0 Å². The number of anilines is 1. The van der Waals surface area contributed by atoms with Crippen LogP contribution in [-0.2, 0) is 16.2 Å². The average Bonchev–Trinajstić information content (AvgIpc) is 3.09. The maximum absolute atomic E-state index is 12.6. The number of alkyl halides is 3. The van der Waals surface area contributed by atoms with E-state index in [0.29, 0.717) is 18.8 Å². The number of aromatic nitrogens is 1. The van der Waals surface area contributed by atoms with Crippen molar-refractivity contribution in [1.82, 2.24) is 9.71 Å². The van der Waals surface area contributed by atoms with Crippen LogP contribution in [0.25, 0.3) is 0 Å². The summed E-state index contributed by atoms with van der Waals surface area (Å²) < 4.78 is 65.5. The number of hydrogen-bond acceptors (Lipinski definition) is 5. The number of hydrogen-bond donors (Lipinski definition) is 1. The molecule has 3 rings (SSSR count). The molecule has 0 saturated carbocycles. The molecule has 1 fully saturated rings. The standard InChI is InChI=1S/C17H15F3N4O2S/c18-17(19,20)13-5-6-16(22-10-13)24-8-7-14(11-24)23-27(25,26)15-4-2-1-3-12(15)9-21/h1-6,10,14,23H,7-8,11H2. The van der Waals surface area contributed by atoms with Gasteiger partial charge in [0, 0.05) is 25.3 Å². The van der Waals surface area contributed by atoms with Gasteiger partial charge in [-0.3, -0.25) is 0 Å². The minimum absolute atomic E-state index is 0.0456. The number of nitrogens with zero attached hydrogens (tertiary/aromatic N) is 3. The van der Waals surface area contributed by atoms with Gasteiger partial charge in [-0.05, 0) is 30.7 Å². The molecule has 1 aromatic carbocycles. The van der Waals surface area contributed by atoms with Gasteiger partial charge in [0.25, 0.3) is 0 Å². The van der Waals surface area contributed by atoms with E-state index in [0.717, 1.165) is 12.3 Å². The van der Waals surface area contributed by atoms with Gasteiger partial charge in [0.1, 0.15) is 11.9 Å². The summed E-state index contributed by atoms with van der Waals surface area (Å²) in [7, 11) is -3.89. The molecule has 1 atom stereocenters. The molecule has 27 heavy (non-hydrogen) atoms. The van der Waals surface area contributed by atoms with Crippen molar-refractivity contribution >= 4 is 15.8 Å². The molecule has 0 spiro atoms. The number of nitriles is 1. The molecule has 1 aliphatic rings. The Balaban J connectivity index is 1.70. The number of rotatable bonds is 4. The zero-order chi connectivity index (χ0) is 19.7. The SMILES string of the molecule is N#Cc1ccccc1S(=O)(=O)NC1CCN(c2ccc(C(F)(F)F)cn2)C1. The highest BCUT2D eigenvalue weighted by molar-refractivity contribution is 7.89. The maximum Gasteiger partial charge on any atom is 0.417 e. The first-order valence-electron chi connectivity index (χ1n) is 8.00. The van der Waals surface area contributed by atoms with Crippen molar-refractivity contribution in [3.05, 3.63) is 53.7 Å². The fourth-order valence-electron chi connectivity index (χ4n) is 2.88. The first-order valence-corrected chi connectivity index (χ1v) is 9.49. The Bertz CT molecular complexity index is 969. The van der Waals surface area contributed by atoms with Crippen LogP contribution in [0.2, 0.25) is 0 Å². The molecule has 2 aromatic rings. The monoisotopic (exact) mass is 396 g/mol. The molecule has 1 aromatic heterocycles. The first-order chi connectivity index (χ1) is 12.7. The second-order valence-electron chi connectivity index (χ2n) is 6.06. The van der Waals surface area contributed by atoms with Crippen LogP contribution in [0.5, 0.6) is 0 Å². The Hall–Kier alpha value is -2.64. The normalized spacial score (nSPS) is 17.7. The lowest BCUT2D eigenvalue weighted by Gasteiger charge is -2.18. The molecule has 1 unspecified atom stereocenters. The lowest BCUT2D eigenvalue weighted by molar-refractivity contribution is -0.137. The zero-order valence-electron chi connectivity index (χ0n) is 13.9. The number of nitrogens with one attached hydrogen (secondary N) is 1. The molecular formula is C17H15F3N4O2S. The highest BCUT2D eigenvalue weighted by Gasteiger charge is 2.32. The molecule has 0 radical (unpaired) electrons. The molecule has 1 N–H and O–H groups in total. The highest BCUT2D eigenvalue weighted by Crippen LogP contribution is 2.30. The smallest absolute Gasteiger partial charge is 0.355 e. The Kier molecular flexibility index (Phi) is 5.08. The van der Waals surface area contributed by atoms with E-state index in [-0.39, 0.29) is 17.0 Å². The quantitative estimate of drug-likeness (QED) is 0.858. The third-order valence-electron chi connectivity index (χ3n) is 4.21. The van der Waals surface area contributed by atoms with Gasteiger partial charge in [-0.2, -0.15) is 18.4 Å². The topological polar surface area (TPSA) is 86.1 Å². The molecule has 0 bridgehead atoms. The fourth-order valence-corrected chi connectivity index (χ4v) is 4.30. The largest absolute Gasteiger partial charge is 0.417 e. The number of sulfonamides is 1. The van der Waals surface area contributed by atoms with Crippen molar-refractivity contribution < 1.29 is 21.6 Å². The van der Waals surface area contributed by atoms with Gasteiger partial charge < -0.3 is 4.90 Å². The predicted molar refractivity (Wildman–Crippen MR) is 91.3 cm³/mol. The van der Waals surface area contributed by atoms with Crippen molar-refractivity contribution in [3.63, 3.8) is 0 Å². The Labute approximate surface area is 154 Å². The van der Waals surface area contributed by atoms with Gasteiger partial charge >= 0.3 is 6.18 Å². The van der Waals surface area contributed by atoms with Crippen LogP contribution in [0.4, 0.5) is 19.0 Å². The second kappa shape index (κ2) is 7.17. The van der Waals surface area contributed by atoms with Crippen LogP contribution < -0.4 is 9.62 Å². The van der Waals surface area contributed by atoms with Crippen LogP contribution in [0, 0.1) is 11.3 Å². The van der Waals surface area contributed by atoms with E-state index in [4.69, 9.17) is 5.26 Å². The molecule has 0 aliphatic carbocycles. The van der Waals surface area contributed by atoms with Crippen LogP contribution in [0.15, 0.2) is 47.5 Å². The highest BCUT2D eigenvalue weighted by atomic mass is 32.2. The predicted octanol–water partition coefficient (Wildman–Crippen LogP) is 2.53. The third-order valence-corrected chi connectivity index (χ3v) is 5.78. The number of halogens is 3. The van der Waals surface area contributed by atoms with Crippen molar-refractivity contribution in [2.24, 2.45) is 0 Å². The summed E-state index contributed by atoms with van der Waals surface area (Å²) in [6.07, 6.45) is -3.23. The lowest BCUT2D eigenvalue weighted by atomic mass is 10.2. The molecule has 1 aliphatic heterocycles. The third kappa shape index (κ3) is 4.20. The first kappa shape index (κ1) is 19.1. The molecule has 142 valence electrons. The Morgan fingerprint density at radius 2 is 1.96 bits per heavy atom. The summed E-state index contributed by atoms with van der Waals surface area (Å²) in [4.78, 5) is 5.44. The Morgan fingerprint density at radius 3 is 2.59 bits per heavy atom. The number of benzene rings is 1. The van der Waals surface area contributed by atoms with E-state index in [1.807, 2.05) is 6.07 Å². The summed E-state index contributed by atoms with van der Waals surface area (Å²) in [6, 6.07) is 9.50. The molecule has 10 heteroatoms. The summed E-state index contributed by atoms with van der Waals surface area (Å²) in [5.41, 5.74) is -0.792. The van der Waals surface area contributed by atoms with Crippen molar-refractivity contribution in [1.29, 1.82) is 5.26 Å². The summed E-state index contributed by atoms with van der Waals surface area (Å²) in [5, 5.41) is 9.07. The van der Waals surface area contributed by atoms with Gasteiger partial charge in [0.15, 0.2) is 0 Å². The minimum atomic E-state index is -4.46. The van der Waals surface area contributed by atoms with E-state index in [1.165, 1.54) is 24.3 Å². The lowest BCUT2D eigenvalue weighted by Crippen LogP contribution is -2.37. The van der Waals surface area contributed by atoms with E-state index < -0.39 is 27.8 Å². The van der Waals surface area contributed by atoms with Crippen molar-refractivity contribution in [2.75, 3.05) is 18.0 Å². The van der Waals surface area contributed by atoms with Crippen LogP contribution >= 0.6 is 0 Å². The second-order valence-corrected chi connectivity index (χ2v) is 7.75. The van der Waals surface area contributed by atoms with Gasteiger partial charge in [-0.1, -0.05) is 12.1 Å². The van der Waals surface area contributed by atoms with Crippen molar-refractivity contribution in [3.8, 4) is 6.07 Å². The summed E-state index contributed by atoms with van der Waals surface area (Å²) >= 11 is 0.